The smallest absolute Gasteiger partial charge is 0.338 e. The first-order valence-electron chi connectivity index (χ1n) is 11.0. The van der Waals surface area contributed by atoms with E-state index in [-0.39, 0.29) is 18.8 Å². The lowest BCUT2D eigenvalue weighted by Gasteiger charge is -2.24. The van der Waals surface area contributed by atoms with Crippen molar-refractivity contribution >= 4 is 55.2 Å². The first-order valence-corrected chi connectivity index (χ1v) is 13.4. The van der Waals surface area contributed by atoms with Gasteiger partial charge in [-0.1, -0.05) is 57.1 Å². The van der Waals surface area contributed by atoms with Gasteiger partial charge >= 0.3 is 5.97 Å². The van der Waals surface area contributed by atoms with E-state index in [0.29, 0.717) is 36.4 Å². The molecule has 0 amide bonds. The van der Waals surface area contributed by atoms with Crippen molar-refractivity contribution in [2.45, 2.75) is 26.8 Å². The number of hydrogen-bond acceptors (Lipinski definition) is 7. The second kappa shape index (κ2) is 10.9. The number of thiazole rings is 1. The predicted molar refractivity (Wildman–Crippen MR) is 145 cm³/mol. The molecule has 0 saturated heterocycles. The van der Waals surface area contributed by atoms with Crippen LogP contribution in [0.25, 0.3) is 6.08 Å². The molecule has 184 valence electrons. The Balaban J connectivity index is 1.96. The maximum absolute atomic E-state index is 13.8. The van der Waals surface area contributed by atoms with E-state index in [1.54, 1.807) is 30.6 Å². The monoisotopic (exact) mass is 629 g/mol. The Labute approximate surface area is 228 Å². The summed E-state index contributed by atoms with van der Waals surface area (Å²) in [5.41, 5.74) is 3.02. The minimum absolute atomic E-state index is 0.141. The molecule has 0 radical (unpaired) electrons. The molecule has 0 N–H and O–H groups in total. The number of benzene rings is 2. The number of carbonyl (C=O) groups is 1. The molecule has 0 unspecified atom stereocenters. The summed E-state index contributed by atoms with van der Waals surface area (Å²) in [5, 5.41) is 8.98. The van der Waals surface area contributed by atoms with Gasteiger partial charge in [-0.3, -0.25) is 9.36 Å². The summed E-state index contributed by atoms with van der Waals surface area (Å²) < 4.78 is 14.3. The normalized spacial score (nSPS) is 15.2. The van der Waals surface area contributed by atoms with Gasteiger partial charge in [-0.25, -0.2) is 9.79 Å². The lowest BCUT2D eigenvalue weighted by Crippen LogP contribution is -2.39. The van der Waals surface area contributed by atoms with E-state index in [4.69, 9.17) is 14.7 Å². The Morgan fingerprint density at radius 2 is 1.97 bits per heavy atom. The van der Waals surface area contributed by atoms with E-state index in [0.717, 1.165) is 15.6 Å². The first-order chi connectivity index (χ1) is 17.2. The molecule has 10 heteroatoms. The second-order valence-electron chi connectivity index (χ2n) is 7.97. The van der Waals surface area contributed by atoms with Crippen molar-refractivity contribution < 1.29 is 14.3 Å². The Morgan fingerprint density at radius 3 is 2.64 bits per heavy atom. The predicted octanol–water partition coefficient (Wildman–Crippen LogP) is 4.53. The number of aryl methyl sites for hydroxylation is 1. The standard InChI is InChI=1S/C26H21Br2N3O4S/c1-4-34-25(33)21-15(3)30-26-31(22(21)16-7-5-14(2)6-8-16)24(32)20(36-26)12-17-11-18(27)13-19(28)23(17)35-10-9-29/h5-8,11-13,22H,4,10H2,1-3H3/b20-12-/t22-/m0/s1. The number of esters is 1. The zero-order valence-corrected chi connectivity index (χ0v) is 23.7. The lowest BCUT2D eigenvalue weighted by molar-refractivity contribution is -0.139. The second-order valence-corrected chi connectivity index (χ2v) is 10.7. The van der Waals surface area contributed by atoms with Gasteiger partial charge in [0.1, 0.15) is 11.8 Å². The van der Waals surface area contributed by atoms with Gasteiger partial charge in [-0.2, -0.15) is 5.26 Å². The lowest BCUT2D eigenvalue weighted by atomic mass is 9.95. The van der Waals surface area contributed by atoms with Gasteiger partial charge in [0, 0.05) is 10.0 Å². The van der Waals surface area contributed by atoms with Crippen molar-refractivity contribution in [1.82, 2.24) is 4.57 Å². The number of rotatable bonds is 6. The molecule has 1 atom stereocenters. The van der Waals surface area contributed by atoms with Crippen LogP contribution < -0.4 is 19.6 Å². The summed E-state index contributed by atoms with van der Waals surface area (Å²) in [5.74, 6) is -0.0502. The number of nitriles is 1. The van der Waals surface area contributed by atoms with Gasteiger partial charge in [0.25, 0.3) is 5.56 Å². The number of carbonyl (C=O) groups excluding carboxylic acids is 1. The minimum Gasteiger partial charge on any atom is -0.477 e. The molecule has 0 saturated carbocycles. The van der Waals surface area contributed by atoms with Gasteiger partial charge in [-0.15, -0.1) is 0 Å². The van der Waals surface area contributed by atoms with Crippen LogP contribution in [0.15, 0.2) is 66.4 Å². The van der Waals surface area contributed by atoms with Gasteiger partial charge in [0.2, 0.25) is 0 Å². The van der Waals surface area contributed by atoms with E-state index in [2.05, 4.69) is 36.9 Å². The molecule has 4 rings (SSSR count). The van der Waals surface area contributed by atoms with Crippen molar-refractivity contribution in [2.75, 3.05) is 13.2 Å². The summed E-state index contributed by atoms with van der Waals surface area (Å²) in [6.07, 6.45) is 1.71. The third-order valence-corrected chi connectivity index (χ3v) is 7.54. The molecule has 1 aromatic heterocycles. The molecule has 7 nitrogen and oxygen atoms in total. The molecule has 2 aromatic carbocycles. The molecule has 1 aliphatic heterocycles. The summed E-state index contributed by atoms with van der Waals surface area (Å²) in [6, 6.07) is 12.6. The Kier molecular flexibility index (Phi) is 7.93. The molecule has 2 heterocycles. The largest absolute Gasteiger partial charge is 0.477 e. The number of hydrogen-bond donors (Lipinski definition) is 0. The Morgan fingerprint density at radius 1 is 1.25 bits per heavy atom. The number of halogens is 2. The van der Waals surface area contributed by atoms with Crippen LogP contribution in [-0.2, 0) is 9.53 Å². The molecule has 0 fully saturated rings. The van der Waals surface area contributed by atoms with Crippen molar-refractivity contribution in [3.05, 3.63) is 93.0 Å². The molecule has 36 heavy (non-hydrogen) atoms. The zero-order chi connectivity index (χ0) is 26.0. The fourth-order valence-corrected chi connectivity index (χ4v) is 6.35. The van der Waals surface area contributed by atoms with Crippen LogP contribution in [-0.4, -0.2) is 23.8 Å². The average Bonchev–Trinajstić information content (AvgIpc) is 3.12. The van der Waals surface area contributed by atoms with E-state index < -0.39 is 12.0 Å². The van der Waals surface area contributed by atoms with E-state index in [9.17, 15) is 9.59 Å². The molecule has 0 bridgehead atoms. The number of ether oxygens (including phenoxy) is 2. The maximum Gasteiger partial charge on any atom is 0.338 e. The average molecular weight is 631 g/mol. The SMILES string of the molecule is CCOC(=O)C1=C(C)N=c2s/c(=C\c3cc(Br)cc(Br)c3OCC#N)c(=O)n2[C@H]1c1ccc(C)cc1. The van der Waals surface area contributed by atoms with Crippen molar-refractivity contribution in [3.63, 3.8) is 0 Å². The molecule has 0 spiro atoms. The Hall–Kier alpha value is -3.00. The number of nitrogens with zero attached hydrogens (tertiary/aromatic N) is 3. The van der Waals surface area contributed by atoms with Crippen LogP contribution >= 0.6 is 43.2 Å². The molecular weight excluding hydrogens is 610 g/mol. The van der Waals surface area contributed by atoms with Crippen LogP contribution in [0.4, 0.5) is 0 Å². The third kappa shape index (κ3) is 5.09. The van der Waals surface area contributed by atoms with Gasteiger partial charge in [-0.05, 0) is 60.5 Å². The molecular formula is C26H21Br2N3O4S. The highest BCUT2D eigenvalue weighted by molar-refractivity contribution is 9.11. The van der Waals surface area contributed by atoms with Gasteiger partial charge in [0.05, 0.1) is 32.9 Å². The summed E-state index contributed by atoms with van der Waals surface area (Å²) in [7, 11) is 0. The van der Waals surface area contributed by atoms with Crippen molar-refractivity contribution in [1.29, 1.82) is 5.26 Å². The van der Waals surface area contributed by atoms with E-state index in [1.807, 2.05) is 43.3 Å². The number of fused-ring (bicyclic) bond motifs is 1. The summed E-state index contributed by atoms with van der Waals surface area (Å²) in [6.45, 7) is 5.54. The Bertz CT molecular complexity index is 1600. The van der Waals surface area contributed by atoms with Crippen LogP contribution in [0.3, 0.4) is 0 Å². The highest BCUT2D eigenvalue weighted by atomic mass is 79.9. The van der Waals surface area contributed by atoms with Gasteiger partial charge in [0.15, 0.2) is 11.4 Å². The van der Waals surface area contributed by atoms with Crippen LogP contribution in [0.2, 0.25) is 0 Å². The number of aromatic nitrogens is 1. The highest BCUT2D eigenvalue weighted by Gasteiger charge is 2.33. The fourth-order valence-electron chi connectivity index (χ4n) is 3.94. The summed E-state index contributed by atoms with van der Waals surface area (Å²) in [4.78, 5) is 31.9. The molecule has 3 aromatic rings. The van der Waals surface area contributed by atoms with Crippen LogP contribution in [0.5, 0.6) is 5.75 Å². The van der Waals surface area contributed by atoms with Crippen molar-refractivity contribution in [3.8, 4) is 11.8 Å². The van der Waals surface area contributed by atoms with Crippen molar-refractivity contribution in [2.24, 2.45) is 4.99 Å². The summed E-state index contributed by atoms with van der Waals surface area (Å²) >= 11 is 8.16. The van der Waals surface area contributed by atoms with E-state index in [1.165, 1.54) is 11.3 Å². The zero-order valence-electron chi connectivity index (χ0n) is 19.7. The molecule has 0 aliphatic carbocycles. The van der Waals surface area contributed by atoms with Gasteiger partial charge < -0.3 is 9.47 Å². The third-order valence-electron chi connectivity index (χ3n) is 5.51. The van der Waals surface area contributed by atoms with Crippen LogP contribution in [0, 0.1) is 18.3 Å². The van der Waals surface area contributed by atoms with E-state index >= 15 is 0 Å². The topological polar surface area (TPSA) is 93.7 Å². The fraction of sp³-hybridized carbons (Fsp3) is 0.231. The minimum atomic E-state index is -0.674. The van der Waals surface area contributed by atoms with Crippen LogP contribution in [0.1, 0.15) is 36.6 Å². The highest BCUT2D eigenvalue weighted by Crippen LogP contribution is 2.34. The molecule has 1 aliphatic rings. The first kappa shape index (κ1) is 26.1. The number of allylic oxidation sites excluding steroid dienone is 1. The maximum atomic E-state index is 13.8. The quantitative estimate of drug-likeness (QED) is 0.373.